The summed E-state index contributed by atoms with van der Waals surface area (Å²) in [5, 5.41) is 49.0. The number of carbonyl (C=O) groups excluding carboxylic acids is 1. The Morgan fingerprint density at radius 2 is 0.783 bits per heavy atom. The van der Waals surface area contributed by atoms with Gasteiger partial charge < -0.3 is 9.64 Å². The zero-order chi connectivity index (χ0) is 76.2. The van der Waals surface area contributed by atoms with E-state index in [-0.39, 0.29) is 24.3 Å². The SMILES string of the molecule is CC1(C)CC(c2cc(Cl)cc3[nH]ncc23)CCN1S(C)(=O)=O.CN(C)S(=O)(=O)N1CCC(c2cc(Cl)cc3[nH]ncc23)CC1.CNS(=O)(=O)N1CCC(c2cc(Cl)cc3[nH]ncc23)CC1.COCC(=O)N1CCC(c2cc(Cl)cc3[nH]ncc23)CC1.NS(=O)(=O)N1CCC(c2cc(Cl)cc3[nH]ncc23)CC1. The predicted molar refractivity (Wildman–Crippen MR) is 418 cm³/mol. The number of fused-ring (bicyclic) bond motifs is 5. The summed E-state index contributed by atoms with van der Waals surface area (Å²) >= 11 is 30.9. The molecule has 106 heavy (non-hydrogen) atoms. The lowest BCUT2D eigenvalue weighted by Gasteiger charge is -2.44. The van der Waals surface area contributed by atoms with Crippen LogP contribution < -0.4 is 9.86 Å². The van der Waals surface area contributed by atoms with Crippen molar-refractivity contribution in [2.24, 2.45) is 5.14 Å². The van der Waals surface area contributed by atoms with Crippen molar-refractivity contribution < 1.29 is 43.2 Å². The number of nitrogens with one attached hydrogen (secondary N) is 6. The maximum Gasteiger partial charge on any atom is 0.281 e. The Hall–Kier alpha value is -6.15. The minimum Gasteiger partial charge on any atom is -0.375 e. The number of rotatable bonds is 13. The molecule has 5 aromatic heterocycles. The molecule has 8 N–H and O–H groups in total. The molecule has 0 saturated carbocycles. The van der Waals surface area contributed by atoms with E-state index in [1.54, 1.807) is 42.2 Å². The number of halogens is 5. The Kier molecular flexibility index (Phi) is 25.9. The van der Waals surface area contributed by atoms with E-state index in [9.17, 15) is 38.5 Å². The highest BCUT2D eigenvalue weighted by Crippen LogP contribution is 2.43. The molecule has 0 aliphatic carbocycles. The van der Waals surface area contributed by atoms with E-state index >= 15 is 0 Å². The van der Waals surface area contributed by atoms with Crippen molar-refractivity contribution in [1.82, 2.24) is 82.1 Å². The molecule has 574 valence electrons. The standard InChI is InChI=1S/C15H20ClN3O2S.C15H18ClN3O2.C14H19ClN4O2S.C13H17ClN4O2S.C12H15ClN4O2S/c1-15(2)8-10(4-5-19(15)22(3,20)21)12-6-11(16)7-14-13(12)9-17-18-14;1-21-9-15(20)19-4-2-10(3-5-19)12-6-11(16)7-14-13(12)8-17-18-14;1-18(2)22(20,21)19-5-3-10(4-6-19)12-7-11(15)8-14-13(12)9-16-17-14;1-15-21(19,20)18-4-2-9(3-5-18)11-6-10(14)7-13-12(11)8-16-17-13;13-9-5-10(11-7-15-16-12(11)6-9)8-1-3-17(4-2-8)20(14,18)19/h6-7,9-10H,4-5,8H2,1-3H3,(H,17,18);6-8,10H,2-5,9H2,1H3,(H,17,18);7-10H,3-6H2,1-2H3,(H,16,17);6-9,15H,2-5H2,1H3,(H,16,17);5-8H,1-4H2,(H,15,16)(H2,14,18,19). The summed E-state index contributed by atoms with van der Waals surface area (Å²) in [4.78, 5) is 13.7. The van der Waals surface area contributed by atoms with Gasteiger partial charge >= 0.3 is 0 Å². The predicted octanol–water partition coefficient (Wildman–Crippen LogP) is 11.4. The number of benzene rings is 5. The van der Waals surface area contributed by atoms with Gasteiger partial charge in [-0.15, -0.1) is 0 Å². The van der Waals surface area contributed by atoms with Crippen LogP contribution >= 0.6 is 58.0 Å². The van der Waals surface area contributed by atoms with Crippen LogP contribution in [0.5, 0.6) is 0 Å². The average Bonchev–Trinajstić information content (AvgIpc) is 1.38. The third-order valence-corrected chi connectivity index (χ3v) is 27.9. The van der Waals surface area contributed by atoms with Crippen molar-refractivity contribution in [1.29, 1.82) is 0 Å². The second kappa shape index (κ2) is 34.0. The summed E-state index contributed by atoms with van der Waals surface area (Å²) < 4.78 is 109. The van der Waals surface area contributed by atoms with Crippen LogP contribution in [0.4, 0.5) is 0 Å². The number of hydrogen-bond donors (Lipinski definition) is 7. The maximum atomic E-state index is 12.2. The molecule has 0 bridgehead atoms. The lowest BCUT2D eigenvalue weighted by atomic mass is 9.79. The van der Waals surface area contributed by atoms with Crippen molar-refractivity contribution >= 4 is 159 Å². The largest absolute Gasteiger partial charge is 0.375 e. The number of H-pyrrole nitrogens is 5. The first-order valence-corrected chi connectivity index (χ1v) is 42.8. The number of carbonyl (C=O) groups is 1. The summed E-state index contributed by atoms with van der Waals surface area (Å²) in [6, 6.07) is 19.2. The average molecular weight is 1640 g/mol. The molecule has 0 spiro atoms. The minimum atomic E-state index is -3.58. The van der Waals surface area contributed by atoms with E-state index in [1.807, 2.05) is 98.0 Å². The van der Waals surface area contributed by atoms with Crippen LogP contribution in [0.2, 0.25) is 25.1 Å². The molecule has 5 fully saturated rings. The highest BCUT2D eigenvalue weighted by atomic mass is 35.5. The van der Waals surface area contributed by atoms with E-state index in [0.717, 1.165) is 159 Å². The summed E-state index contributed by atoms with van der Waals surface area (Å²) in [6.45, 7) is 9.14. The first kappa shape index (κ1) is 80.9. The van der Waals surface area contributed by atoms with Crippen LogP contribution in [0.3, 0.4) is 0 Å². The fourth-order valence-electron chi connectivity index (χ4n) is 15.4. The number of ether oxygens (including phenoxy) is 1. The van der Waals surface area contributed by atoms with Crippen LogP contribution in [0, 0.1) is 0 Å². The zero-order valence-corrected chi connectivity index (χ0v) is 66.8. The van der Waals surface area contributed by atoms with E-state index in [4.69, 9.17) is 67.9 Å². The molecule has 5 aliphatic rings. The van der Waals surface area contributed by atoms with Crippen molar-refractivity contribution in [2.75, 3.05) is 100 Å². The topological polar surface area (TPSA) is 364 Å². The van der Waals surface area contributed by atoms with Gasteiger partial charge in [0.15, 0.2) is 0 Å². The summed E-state index contributed by atoms with van der Waals surface area (Å²) in [6.07, 6.45) is 18.4. The van der Waals surface area contributed by atoms with Gasteiger partial charge in [-0.3, -0.25) is 30.3 Å². The molecular weight excluding hydrogens is 1550 g/mol. The number of nitrogens with two attached hydrogens (primary N) is 1. The molecule has 28 nitrogen and oxygen atoms in total. The highest BCUT2D eigenvalue weighted by Gasteiger charge is 2.41. The Labute approximate surface area is 642 Å². The van der Waals surface area contributed by atoms with Crippen molar-refractivity contribution in [3.05, 3.63) is 145 Å². The lowest BCUT2D eigenvalue weighted by molar-refractivity contribution is -0.136. The number of hydrogen-bond acceptors (Lipinski definition) is 15. The fourth-order valence-corrected chi connectivity index (χ4v) is 20.7. The molecule has 10 heterocycles. The first-order chi connectivity index (χ1) is 50.2. The molecule has 5 aliphatic heterocycles. The molecule has 37 heteroatoms. The number of aromatic nitrogens is 10. The molecule has 1 amide bonds. The van der Waals surface area contributed by atoms with Crippen LogP contribution in [0.15, 0.2) is 91.6 Å². The summed E-state index contributed by atoms with van der Waals surface area (Å²) in [5.41, 5.74) is 10.0. The number of piperidine rings is 5. The van der Waals surface area contributed by atoms with Gasteiger partial charge in [0.1, 0.15) is 6.61 Å². The molecule has 10 aromatic rings. The smallest absolute Gasteiger partial charge is 0.281 e. The Balaban J connectivity index is 0.000000132. The van der Waals surface area contributed by atoms with Crippen LogP contribution in [0.25, 0.3) is 54.5 Å². The molecule has 1 unspecified atom stereocenters. The van der Waals surface area contributed by atoms with Gasteiger partial charge in [-0.1, -0.05) is 58.0 Å². The number of sulfonamides is 1. The van der Waals surface area contributed by atoms with Crippen molar-refractivity contribution in [2.45, 2.75) is 113 Å². The number of likely N-dealkylation sites (tertiary alicyclic amines) is 1. The third kappa shape index (κ3) is 19.0. The number of amides is 1. The fraction of sp³-hybridized carbons (Fsp3) is 0.478. The normalized spacial score (nSPS) is 19.0. The molecule has 1 atom stereocenters. The number of methoxy groups -OCH3 is 1. The lowest BCUT2D eigenvalue weighted by Crippen LogP contribution is -2.51. The van der Waals surface area contributed by atoms with Crippen LogP contribution in [-0.4, -0.2) is 223 Å². The van der Waals surface area contributed by atoms with E-state index < -0.39 is 46.2 Å². The number of nitrogens with zero attached hydrogens (tertiary/aromatic N) is 11. The molecular formula is C69H89Cl5N18O10S4. The second-order valence-electron chi connectivity index (χ2n) is 28.1. The monoisotopic (exact) mass is 1630 g/mol. The van der Waals surface area contributed by atoms with E-state index in [2.05, 4.69) is 55.7 Å². The second-order valence-corrected chi connectivity index (χ2v) is 37.8. The van der Waals surface area contributed by atoms with Gasteiger partial charge in [0.25, 0.3) is 30.6 Å². The van der Waals surface area contributed by atoms with E-state index in [0.29, 0.717) is 83.7 Å². The van der Waals surface area contributed by atoms with Gasteiger partial charge in [-0.2, -0.15) is 72.3 Å². The highest BCUT2D eigenvalue weighted by molar-refractivity contribution is 7.88. The van der Waals surface area contributed by atoms with E-state index in [1.165, 1.54) is 31.8 Å². The van der Waals surface area contributed by atoms with Gasteiger partial charge in [0, 0.05) is 145 Å². The summed E-state index contributed by atoms with van der Waals surface area (Å²) in [5.74, 6) is 1.61. The molecule has 5 aromatic carbocycles. The molecule has 15 rings (SSSR count). The first-order valence-electron chi connectivity index (χ1n) is 34.7. The van der Waals surface area contributed by atoms with Crippen molar-refractivity contribution in [3.8, 4) is 0 Å². The van der Waals surface area contributed by atoms with Gasteiger partial charge in [-0.05, 0) is 196 Å². The minimum absolute atomic E-state index is 0.0653. The number of aromatic amines is 5. The Morgan fingerprint density at radius 1 is 0.491 bits per heavy atom. The zero-order valence-electron chi connectivity index (χ0n) is 59.8. The Morgan fingerprint density at radius 3 is 1.07 bits per heavy atom. The van der Waals surface area contributed by atoms with Gasteiger partial charge in [0.2, 0.25) is 15.9 Å². The van der Waals surface area contributed by atoms with Gasteiger partial charge in [-0.25, -0.2) is 18.3 Å². The maximum absolute atomic E-state index is 12.2. The van der Waals surface area contributed by atoms with Crippen LogP contribution in [0.1, 0.15) is 135 Å². The third-order valence-electron chi connectivity index (χ3n) is 20.7. The molecule has 0 radical (unpaired) electrons. The van der Waals surface area contributed by atoms with Crippen LogP contribution in [-0.2, 0) is 50.2 Å². The quantitative estimate of drug-likeness (QED) is 0.0564. The summed E-state index contributed by atoms with van der Waals surface area (Å²) in [7, 11) is -7.31. The van der Waals surface area contributed by atoms with Gasteiger partial charge in [0.05, 0.1) is 64.8 Å². The van der Waals surface area contributed by atoms with Crippen molar-refractivity contribution in [3.63, 3.8) is 0 Å². The molecule has 5 saturated heterocycles. The Bertz CT molecular complexity index is 5220.